The molecule has 0 bridgehead atoms. The Morgan fingerprint density at radius 2 is 1.92 bits per heavy atom. The third-order valence-corrected chi connectivity index (χ3v) is 4.43. The summed E-state index contributed by atoms with van der Waals surface area (Å²) in [6.07, 6.45) is 0.612. The maximum Gasteiger partial charge on any atom is 0.273 e. The van der Waals surface area contributed by atoms with Crippen LogP contribution >= 0.6 is 0 Å². The number of nitro benzene ring substituents is 1. The summed E-state index contributed by atoms with van der Waals surface area (Å²) < 4.78 is 5.49. The van der Waals surface area contributed by atoms with Crippen molar-refractivity contribution in [3.63, 3.8) is 0 Å². The van der Waals surface area contributed by atoms with E-state index >= 15 is 0 Å². The molecule has 1 aromatic carbocycles. The molecule has 1 unspecified atom stereocenters. The number of piperazine rings is 1. The van der Waals surface area contributed by atoms with Crippen LogP contribution in [0, 0.1) is 16.0 Å². The van der Waals surface area contributed by atoms with Crippen LogP contribution in [0.25, 0.3) is 0 Å². The molecule has 1 saturated heterocycles. The second-order valence-electron chi connectivity index (χ2n) is 7.04. The van der Waals surface area contributed by atoms with Gasteiger partial charge in [0.15, 0.2) is 0 Å². The van der Waals surface area contributed by atoms with Gasteiger partial charge < -0.3 is 14.7 Å². The van der Waals surface area contributed by atoms with Crippen molar-refractivity contribution in [1.29, 1.82) is 0 Å². The van der Waals surface area contributed by atoms with E-state index in [1.807, 2.05) is 0 Å². The fourth-order valence-corrected chi connectivity index (χ4v) is 2.87. The molecule has 7 nitrogen and oxygen atoms in total. The maximum absolute atomic E-state index is 10.8. The van der Waals surface area contributed by atoms with Crippen LogP contribution in [0.5, 0.6) is 5.75 Å². The summed E-state index contributed by atoms with van der Waals surface area (Å²) >= 11 is 0. The van der Waals surface area contributed by atoms with Crippen LogP contribution in [0.2, 0.25) is 0 Å². The molecule has 0 aliphatic carbocycles. The Morgan fingerprint density at radius 3 is 2.56 bits per heavy atom. The quantitative estimate of drug-likeness (QED) is 0.541. The average molecular weight is 351 g/mol. The summed E-state index contributed by atoms with van der Waals surface area (Å²) in [5.41, 5.74) is -0.00971. The fraction of sp³-hybridized carbons (Fsp3) is 0.667. The number of nitro groups is 1. The first-order chi connectivity index (χ1) is 11.9. The van der Waals surface area contributed by atoms with Gasteiger partial charge in [0.05, 0.1) is 11.0 Å². The summed E-state index contributed by atoms with van der Waals surface area (Å²) in [7, 11) is 0. The molecule has 0 radical (unpaired) electrons. The van der Waals surface area contributed by atoms with Crippen LogP contribution in [0.15, 0.2) is 24.3 Å². The van der Waals surface area contributed by atoms with Crippen LogP contribution in [-0.4, -0.2) is 71.8 Å². The Labute approximate surface area is 149 Å². The smallest absolute Gasteiger partial charge is 0.273 e. The van der Waals surface area contributed by atoms with Crippen molar-refractivity contribution in [3.8, 4) is 5.75 Å². The van der Waals surface area contributed by atoms with Crippen LogP contribution in [0.1, 0.15) is 20.3 Å². The Balaban J connectivity index is 1.68. The monoisotopic (exact) mass is 351 g/mol. The summed E-state index contributed by atoms with van der Waals surface area (Å²) in [5, 5.41) is 20.9. The van der Waals surface area contributed by atoms with E-state index in [2.05, 4.69) is 23.6 Å². The SMILES string of the molecule is CC(C)CCN1CCN(CC(O)COc2cccc([N+](=O)[O-])c2)CC1. The highest BCUT2D eigenvalue weighted by Gasteiger charge is 2.19. The van der Waals surface area contributed by atoms with E-state index in [-0.39, 0.29) is 12.3 Å². The largest absolute Gasteiger partial charge is 0.491 e. The third kappa shape index (κ3) is 6.97. The molecule has 0 saturated carbocycles. The third-order valence-electron chi connectivity index (χ3n) is 4.43. The van der Waals surface area contributed by atoms with E-state index in [1.165, 1.54) is 18.6 Å². The van der Waals surface area contributed by atoms with Gasteiger partial charge in [-0.2, -0.15) is 0 Å². The zero-order valence-corrected chi connectivity index (χ0v) is 15.1. The van der Waals surface area contributed by atoms with E-state index in [1.54, 1.807) is 12.1 Å². The van der Waals surface area contributed by atoms with Gasteiger partial charge >= 0.3 is 0 Å². The number of hydrogen-bond acceptors (Lipinski definition) is 6. The summed E-state index contributed by atoms with van der Waals surface area (Å²) in [4.78, 5) is 15.0. The van der Waals surface area contributed by atoms with Gasteiger partial charge in [0.25, 0.3) is 5.69 Å². The van der Waals surface area contributed by atoms with Gasteiger partial charge in [-0.15, -0.1) is 0 Å². The summed E-state index contributed by atoms with van der Waals surface area (Å²) in [5.74, 6) is 1.14. The lowest BCUT2D eigenvalue weighted by atomic mass is 10.1. The van der Waals surface area contributed by atoms with Crippen molar-refractivity contribution in [3.05, 3.63) is 34.4 Å². The predicted molar refractivity (Wildman–Crippen MR) is 96.9 cm³/mol. The minimum Gasteiger partial charge on any atom is -0.491 e. The van der Waals surface area contributed by atoms with Crippen molar-refractivity contribution in [2.75, 3.05) is 45.9 Å². The van der Waals surface area contributed by atoms with Crippen LogP contribution in [-0.2, 0) is 0 Å². The van der Waals surface area contributed by atoms with Gasteiger partial charge in [0.2, 0.25) is 0 Å². The van der Waals surface area contributed by atoms with Gasteiger partial charge in [0, 0.05) is 38.8 Å². The summed E-state index contributed by atoms with van der Waals surface area (Å²) in [6, 6.07) is 6.03. The Morgan fingerprint density at radius 1 is 1.24 bits per heavy atom. The minimum atomic E-state index is -0.610. The van der Waals surface area contributed by atoms with Gasteiger partial charge in [-0.25, -0.2) is 0 Å². The number of aliphatic hydroxyl groups is 1. The molecular weight excluding hydrogens is 322 g/mol. The molecule has 1 aliphatic rings. The number of non-ortho nitro benzene ring substituents is 1. The predicted octanol–water partition coefficient (Wildman–Crippen LogP) is 2.00. The lowest BCUT2D eigenvalue weighted by molar-refractivity contribution is -0.384. The number of ether oxygens (including phenoxy) is 1. The maximum atomic E-state index is 10.8. The molecule has 1 heterocycles. The zero-order valence-electron chi connectivity index (χ0n) is 15.1. The highest BCUT2D eigenvalue weighted by molar-refractivity contribution is 5.37. The van der Waals surface area contributed by atoms with E-state index in [4.69, 9.17) is 4.74 Å². The standard InChI is InChI=1S/C18H29N3O4/c1-15(2)6-7-19-8-10-20(11-9-19)13-17(22)14-25-18-5-3-4-16(12-18)21(23)24/h3-5,12,15,17,22H,6-11,13-14H2,1-2H3. The molecule has 140 valence electrons. The lowest BCUT2D eigenvalue weighted by Crippen LogP contribution is -2.49. The van der Waals surface area contributed by atoms with Gasteiger partial charge in [-0.1, -0.05) is 19.9 Å². The molecular formula is C18H29N3O4. The molecule has 0 amide bonds. The fourth-order valence-electron chi connectivity index (χ4n) is 2.87. The van der Waals surface area contributed by atoms with Gasteiger partial charge in [-0.05, 0) is 24.9 Å². The van der Waals surface area contributed by atoms with Crippen LogP contribution < -0.4 is 4.74 Å². The van der Waals surface area contributed by atoms with E-state index in [0.717, 1.165) is 38.6 Å². The lowest BCUT2D eigenvalue weighted by Gasteiger charge is -2.35. The van der Waals surface area contributed by atoms with Crippen LogP contribution in [0.3, 0.4) is 0 Å². The van der Waals surface area contributed by atoms with E-state index < -0.39 is 11.0 Å². The second-order valence-corrected chi connectivity index (χ2v) is 7.04. The first kappa shape index (κ1) is 19.6. The number of nitrogens with zero attached hydrogens (tertiary/aromatic N) is 3. The number of hydrogen-bond donors (Lipinski definition) is 1. The average Bonchev–Trinajstić information content (AvgIpc) is 2.59. The highest BCUT2D eigenvalue weighted by Crippen LogP contribution is 2.19. The molecule has 1 aromatic rings. The van der Waals surface area contributed by atoms with Gasteiger partial charge in [-0.3, -0.25) is 15.0 Å². The minimum absolute atomic E-state index is 0.00971. The second kappa shape index (κ2) is 9.70. The zero-order chi connectivity index (χ0) is 18.2. The molecule has 1 fully saturated rings. The topological polar surface area (TPSA) is 79.1 Å². The molecule has 2 rings (SSSR count). The highest BCUT2D eigenvalue weighted by atomic mass is 16.6. The molecule has 1 N–H and O–H groups in total. The molecule has 7 heteroatoms. The van der Waals surface area contributed by atoms with Gasteiger partial charge in [0.1, 0.15) is 18.5 Å². The van der Waals surface area contributed by atoms with Crippen LogP contribution in [0.4, 0.5) is 5.69 Å². The Kier molecular flexibility index (Phi) is 7.61. The Hall–Kier alpha value is -1.70. The number of rotatable bonds is 9. The first-order valence-electron chi connectivity index (χ1n) is 8.94. The molecule has 1 aliphatic heterocycles. The molecule has 0 spiro atoms. The molecule has 0 aromatic heterocycles. The Bertz CT molecular complexity index is 545. The van der Waals surface area contributed by atoms with Crippen molar-refractivity contribution in [2.24, 2.45) is 5.92 Å². The molecule has 1 atom stereocenters. The molecule has 25 heavy (non-hydrogen) atoms. The summed E-state index contributed by atoms with van der Waals surface area (Å²) in [6.45, 7) is 10.3. The van der Waals surface area contributed by atoms with E-state index in [0.29, 0.717) is 12.3 Å². The first-order valence-corrected chi connectivity index (χ1v) is 8.94. The van der Waals surface area contributed by atoms with Crippen molar-refractivity contribution in [2.45, 2.75) is 26.4 Å². The van der Waals surface area contributed by atoms with Crippen molar-refractivity contribution >= 4 is 5.69 Å². The van der Waals surface area contributed by atoms with Crippen molar-refractivity contribution < 1.29 is 14.8 Å². The number of aliphatic hydroxyl groups excluding tert-OH is 1. The number of β-amino-alcohol motifs (C(OH)–C–C–N with tert-alkyl or cyclic N) is 1. The van der Waals surface area contributed by atoms with E-state index in [9.17, 15) is 15.2 Å². The van der Waals surface area contributed by atoms with Crippen molar-refractivity contribution in [1.82, 2.24) is 9.80 Å². The number of benzene rings is 1. The normalized spacial score (nSPS) is 17.6.